The Morgan fingerprint density at radius 2 is 2.11 bits per heavy atom. The summed E-state index contributed by atoms with van der Waals surface area (Å²) in [6, 6.07) is 4.33. The van der Waals surface area contributed by atoms with Crippen molar-refractivity contribution >= 4 is 52.6 Å². The Balaban J connectivity index is 1.98. The standard InChI is InChI=1S/C10H9Cl2N5OS/c1-19-10-15-8(16-17-10)14-9(18)13-5-2-3-6(11)7(12)4-5/h2-4H,1H3,(H3,13,14,15,16,17,18). The van der Waals surface area contributed by atoms with Crippen molar-refractivity contribution in [2.45, 2.75) is 5.16 Å². The summed E-state index contributed by atoms with van der Waals surface area (Å²) in [5.41, 5.74) is 0.525. The molecule has 3 N–H and O–H groups in total. The molecule has 0 unspecified atom stereocenters. The van der Waals surface area contributed by atoms with E-state index in [-0.39, 0.29) is 5.95 Å². The van der Waals surface area contributed by atoms with E-state index in [1.54, 1.807) is 18.2 Å². The zero-order valence-corrected chi connectivity index (χ0v) is 12.0. The van der Waals surface area contributed by atoms with Crippen molar-refractivity contribution in [3.05, 3.63) is 28.2 Å². The second kappa shape index (κ2) is 6.14. The average Bonchev–Trinajstić information content (AvgIpc) is 2.81. The molecule has 0 fully saturated rings. The Hall–Kier alpha value is -1.44. The normalized spacial score (nSPS) is 10.3. The fourth-order valence-electron chi connectivity index (χ4n) is 1.24. The van der Waals surface area contributed by atoms with Crippen molar-refractivity contribution in [1.29, 1.82) is 0 Å². The van der Waals surface area contributed by atoms with E-state index in [0.717, 1.165) is 0 Å². The van der Waals surface area contributed by atoms with Crippen molar-refractivity contribution in [3.8, 4) is 0 Å². The molecule has 1 heterocycles. The zero-order chi connectivity index (χ0) is 13.8. The molecule has 0 atom stereocenters. The van der Waals surface area contributed by atoms with Crippen LogP contribution in [0.5, 0.6) is 0 Å². The maximum absolute atomic E-state index is 11.7. The number of halogens is 2. The van der Waals surface area contributed by atoms with Gasteiger partial charge in [-0.15, -0.1) is 5.10 Å². The van der Waals surface area contributed by atoms with E-state index in [1.165, 1.54) is 11.8 Å². The zero-order valence-electron chi connectivity index (χ0n) is 9.70. The van der Waals surface area contributed by atoms with Gasteiger partial charge in [0.25, 0.3) is 0 Å². The molecule has 2 rings (SSSR count). The summed E-state index contributed by atoms with van der Waals surface area (Å²) >= 11 is 13.0. The van der Waals surface area contributed by atoms with E-state index in [1.807, 2.05) is 6.26 Å². The predicted molar refractivity (Wildman–Crippen MR) is 77.3 cm³/mol. The summed E-state index contributed by atoms with van der Waals surface area (Å²) in [6.07, 6.45) is 1.84. The lowest BCUT2D eigenvalue weighted by Gasteiger charge is -2.06. The molecule has 0 radical (unpaired) electrons. The van der Waals surface area contributed by atoms with Gasteiger partial charge in [-0.3, -0.25) is 5.32 Å². The van der Waals surface area contributed by atoms with Gasteiger partial charge >= 0.3 is 6.03 Å². The maximum Gasteiger partial charge on any atom is 0.326 e. The van der Waals surface area contributed by atoms with Gasteiger partial charge in [0, 0.05) is 5.69 Å². The number of hydrogen-bond donors (Lipinski definition) is 3. The molecule has 1 aromatic heterocycles. The van der Waals surface area contributed by atoms with Crippen LogP contribution in [-0.2, 0) is 0 Å². The third kappa shape index (κ3) is 3.76. The van der Waals surface area contributed by atoms with Crippen LogP contribution in [0.1, 0.15) is 0 Å². The van der Waals surface area contributed by atoms with Crippen LogP contribution in [0.15, 0.2) is 23.4 Å². The molecule has 100 valence electrons. The maximum atomic E-state index is 11.7. The number of rotatable bonds is 3. The van der Waals surface area contributed by atoms with E-state index in [2.05, 4.69) is 25.8 Å². The number of H-pyrrole nitrogens is 1. The molecule has 9 heteroatoms. The first-order valence-corrected chi connectivity index (χ1v) is 7.06. The SMILES string of the molecule is CSc1n[nH]c(NC(=O)Nc2ccc(Cl)c(Cl)c2)n1. The van der Waals surface area contributed by atoms with E-state index in [9.17, 15) is 4.79 Å². The number of anilines is 2. The number of amides is 2. The molecule has 0 aliphatic carbocycles. The highest BCUT2D eigenvalue weighted by atomic mass is 35.5. The number of nitrogens with zero attached hydrogens (tertiary/aromatic N) is 2. The second-order valence-corrected chi connectivity index (χ2v) is 4.97. The van der Waals surface area contributed by atoms with E-state index < -0.39 is 6.03 Å². The Morgan fingerprint density at radius 1 is 1.32 bits per heavy atom. The van der Waals surface area contributed by atoms with Crippen molar-refractivity contribution < 1.29 is 4.79 Å². The van der Waals surface area contributed by atoms with Gasteiger partial charge in [-0.2, -0.15) is 4.98 Å². The number of carbonyl (C=O) groups excluding carboxylic acids is 1. The summed E-state index contributed by atoms with van der Waals surface area (Å²) in [5, 5.41) is 12.9. The summed E-state index contributed by atoms with van der Waals surface area (Å²) in [7, 11) is 0. The molecule has 2 amide bonds. The predicted octanol–water partition coefficient (Wildman–Crippen LogP) is 3.48. The number of hydrogen-bond acceptors (Lipinski definition) is 4. The van der Waals surface area contributed by atoms with E-state index in [0.29, 0.717) is 20.9 Å². The quantitative estimate of drug-likeness (QED) is 0.757. The minimum Gasteiger partial charge on any atom is -0.308 e. The topological polar surface area (TPSA) is 82.7 Å². The van der Waals surface area contributed by atoms with Crippen molar-refractivity contribution in [1.82, 2.24) is 15.2 Å². The van der Waals surface area contributed by atoms with Gasteiger partial charge in [-0.05, 0) is 24.5 Å². The van der Waals surface area contributed by atoms with Gasteiger partial charge in [0.1, 0.15) is 0 Å². The third-order valence-corrected chi connectivity index (χ3v) is 3.34. The molecular formula is C10H9Cl2N5OS. The first-order chi connectivity index (χ1) is 9.08. The molecule has 1 aromatic carbocycles. The molecule has 0 aliphatic heterocycles. The number of nitrogens with one attached hydrogen (secondary N) is 3. The molecule has 2 aromatic rings. The van der Waals surface area contributed by atoms with Crippen LogP contribution in [0, 0.1) is 0 Å². The molecule has 0 saturated heterocycles. The first kappa shape index (κ1) is 14.0. The van der Waals surface area contributed by atoms with Gasteiger partial charge < -0.3 is 5.32 Å². The number of benzene rings is 1. The summed E-state index contributed by atoms with van der Waals surface area (Å²) in [5.74, 6) is 0.266. The fraction of sp³-hybridized carbons (Fsp3) is 0.100. The van der Waals surface area contributed by atoms with Crippen LogP contribution in [0.4, 0.5) is 16.4 Å². The molecule has 19 heavy (non-hydrogen) atoms. The highest BCUT2D eigenvalue weighted by molar-refractivity contribution is 7.98. The minimum absolute atomic E-state index is 0.266. The van der Waals surface area contributed by atoms with Crippen LogP contribution in [0.3, 0.4) is 0 Å². The summed E-state index contributed by atoms with van der Waals surface area (Å²) in [6.45, 7) is 0. The van der Waals surface area contributed by atoms with Gasteiger partial charge in [0.2, 0.25) is 11.1 Å². The van der Waals surface area contributed by atoms with Gasteiger partial charge in [-0.25, -0.2) is 9.89 Å². The Morgan fingerprint density at radius 3 is 2.74 bits per heavy atom. The molecule has 0 saturated carbocycles. The molecule has 0 bridgehead atoms. The number of urea groups is 1. The van der Waals surface area contributed by atoms with Crippen LogP contribution in [-0.4, -0.2) is 27.5 Å². The minimum atomic E-state index is -0.456. The Bertz CT molecular complexity index is 603. The van der Waals surface area contributed by atoms with Crippen LogP contribution < -0.4 is 10.6 Å². The number of aromatic amines is 1. The number of aromatic nitrogens is 3. The van der Waals surface area contributed by atoms with Crippen molar-refractivity contribution in [3.63, 3.8) is 0 Å². The Kier molecular flexibility index (Phi) is 4.52. The van der Waals surface area contributed by atoms with Gasteiger partial charge in [-0.1, -0.05) is 35.0 Å². The lowest BCUT2D eigenvalue weighted by Crippen LogP contribution is -2.20. The van der Waals surface area contributed by atoms with Crippen LogP contribution in [0.2, 0.25) is 10.0 Å². The molecule has 6 nitrogen and oxygen atoms in total. The Labute approximate surface area is 123 Å². The summed E-state index contributed by atoms with van der Waals surface area (Å²) in [4.78, 5) is 15.7. The number of thioether (sulfide) groups is 1. The number of carbonyl (C=O) groups is 1. The van der Waals surface area contributed by atoms with Crippen molar-refractivity contribution in [2.75, 3.05) is 16.9 Å². The van der Waals surface area contributed by atoms with E-state index >= 15 is 0 Å². The van der Waals surface area contributed by atoms with Gasteiger partial charge in [0.15, 0.2) is 0 Å². The van der Waals surface area contributed by atoms with Gasteiger partial charge in [0.05, 0.1) is 10.0 Å². The highest BCUT2D eigenvalue weighted by Crippen LogP contribution is 2.25. The fourth-order valence-corrected chi connectivity index (χ4v) is 1.85. The molecule has 0 aliphatic rings. The van der Waals surface area contributed by atoms with E-state index in [4.69, 9.17) is 23.2 Å². The highest BCUT2D eigenvalue weighted by Gasteiger charge is 2.07. The summed E-state index contributed by atoms with van der Waals surface area (Å²) < 4.78 is 0. The lowest BCUT2D eigenvalue weighted by atomic mass is 10.3. The lowest BCUT2D eigenvalue weighted by molar-refractivity contribution is 0.262. The molecular weight excluding hydrogens is 309 g/mol. The monoisotopic (exact) mass is 317 g/mol. The average molecular weight is 318 g/mol. The molecule has 0 spiro atoms. The largest absolute Gasteiger partial charge is 0.326 e. The second-order valence-electron chi connectivity index (χ2n) is 3.38. The van der Waals surface area contributed by atoms with Crippen molar-refractivity contribution in [2.24, 2.45) is 0 Å². The first-order valence-electron chi connectivity index (χ1n) is 5.08. The third-order valence-electron chi connectivity index (χ3n) is 2.06. The van der Waals surface area contributed by atoms with Crippen LogP contribution >= 0.6 is 35.0 Å². The van der Waals surface area contributed by atoms with Crippen LogP contribution in [0.25, 0.3) is 0 Å². The smallest absolute Gasteiger partial charge is 0.308 e.